The molecular weight excluding hydrogens is 246 g/mol. The van der Waals surface area contributed by atoms with Gasteiger partial charge in [0.2, 0.25) is 5.95 Å². The Bertz CT molecular complexity index is 714. The molecule has 0 fully saturated rings. The summed E-state index contributed by atoms with van der Waals surface area (Å²) in [6.45, 7) is 4.26. The molecule has 0 saturated carbocycles. The van der Waals surface area contributed by atoms with Crippen LogP contribution in [0.25, 0.3) is 5.69 Å². The number of para-hydroxylation sites is 1. The topological polar surface area (TPSA) is 29.9 Å². The van der Waals surface area contributed by atoms with Crippen molar-refractivity contribution in [1.82, 2.24) is 9.55 Å². The Morgan fingerprint density at radius 3 is 2.55 bits per heavy atom. The molecule has 1 aromatic heterocycles. The molecule has 0 saturated heterocycles. The van der Waals surface area contributed by atoms with Crippen LogP contribution in [0.3, 0.4) is 0 Å². The molecule has 0 unspecified atom stereocenters. The van der Waals surface area contributed by atoms with E-state index in [1.807, 2.05) is 42.7 Å². The number of aryl methyl sites for hydroxylation is 1. The van der Waals surface area contributed by atoms with Gasteiger partial charge in [0.1, 0.15) is 0 Å². The first-order valence-electron chi connectivity index (χ1n) is 6.68. The summed E-state index contributed by atoms with van der Waals surface area (Å²) in [5.41, 5.74) is 4.73. The van der Waals surface area contributed by atoms with Crippen molar-refractivity contribution in [2.75, 3.05) is 5.32 Å². The standard InChI is InChI=1S/C17H17N3/c1-13-7-6-10-16(14(13)2)20-12-11-18-17(20)19-15-8-4-3-5-9-15/h3-12H,1-2H3,(H,18,19). The largest absolute Gasteiger partial charge is 0.325 e. The lowest BCUT2D eigenvalue weighted by molar-refractivity contribution is 1.04. The van der Waals surface area contributed by atoms with Gasteiger partial charge in [-0.05, 0) is 43.2 Å². The number of anilines is 2. The molecule has 1 N–H and O–H groups in total. The van der Waals surface area contributed by atoms with Gasteiger partial charge in [-0.3, -0.25) is 4.57 Å². The minimum absolute atomic E-state index is 0.824. The van der Waals surface area contributed by atoms with E-state index in [-0.39, 0.29) is 0 Å². The van der Waals surface area contributed by atoms with Gasteiger partial charge in [-0.25, -0.2) is 4.98 Å². The van der Waals surface area contributed by atoms with E-state index in [9.17, 15) is 0 Å². The highest BCUT2D eigenvalue weighted by Gasteiger charge is 2.08. The maximum absolute atomic E-state index is 4.41. The molecule has 0 aliphatic rings. The molecule has 0 atom stereocenters. The normalized spacial score (nSPS) is 10.5. The molecule has 20 heavy (non-hydrogen) atoms. The lowest BCUT2D eigenvalue weighted by Crippen LogP contribution is -2.03. The lowest BCUT2D eigenvalue weighted by Gasteiger charge is -2.13. The fourth-order valence-corrected chi connectivity index (χ4v) is 2.24. The van der Waals surface area contributed by atoms with Crippen LogP contribution in [-0.2, 0) is 0 Å². The molecule has 100 valence electrons. The molecule has 0 radical (unpaired) electrons. The van der Waals surface area contributed by atoms with Crippen molar-refractivity contribution in [3.63, 3.8) is 0 Å². The van der Waals surface area contributed by atoms with Crippen molar-refractivity contribution >= 4 is 11.6 Å². The molecule has 0 spiro atoms. The quantitative estimate of drug-likeness (QED) is 0.766. The number of hydrogen-bond donors (Lipinski definition) is 1. The van der Waals surface area contributed by atoms with E-state index in [2.05, 4.69) is 46.9 Å². The minimum Gasteiger partial charge on any atom is -0.325 e. The van der Waals surface area contributed by atoms with Crippen LogP contribution in [0.2, 0.25) is 0 Å². The zero-order chi connectivity index (χ0) is 13.9. The average molecular weight is 263 g/mol. The minimum atomic E-state index is 0.824. The first-order valence-corrected chi connectivity index (χ1v) is 6.68. The van der Waals surface area contributed by atoms with Crippen LogP contribution < -0.4 is 5.32 Å². The molecule has 2 aromatic carbocycles. The number of rotatable bonds is 3. The smallest absolute Gasteiger partial charge is 0.212 e. The van der Waals surface area contributed by atoms with Crippen LogP contribution in [0.5, 0.6) is 0 Å². The number of nitrogens with zero attached hydrogens (tertiary/aromatic N) is 2. The van der Waals surface area contributed by atoms with Gasteiger partial charge in [0, 0.05) is 18.1 Å². The van der Waals surface area contributed by atoms with Gasteiger partial charge in [-0.15, -0.1) is 0 Å². The highest BCUT2D eigenvalue weighted by Crippen LogP contribution is 2.23. The summed E-state index contributed by atoms with van der Waals surface area (Å²) in [6.07, 6.45) is 3.79. The summed E-state index contributed by atoms with van der Waals surface area (Å²) in [5, 5.41) is 3.35. The number of nitrogens with one attached hydrogen (secondary N) is 1. The van der Waals surface area contributed by atoms with Crippen LogP contribution >= 0.6 is 0 Å². The summed E-state index contributed by atoms with van der Waals surface area (Å²) in [6, 6.07) is 16.4. The van der Waals surface area contributed by atoms with E-state index in [1.165, 1.54) is 11.1 Å². The van der Waals surface area contributed by atoms with Crippen molar-refractivity contribution < 1.29 is 0 Å². The number of hydrogen-bond acceptors (Lipinski definition) is 2. The Morgan fingerprint density at radius 1 is 0.950 bits per heavy atom. The van der Waals surface area contributed by atoms with Crippen LogP contribution in [0, 0.1) is 13.8 Å². The molecule has 1 heterocycles. The Kier molecular flexibility index (Phi) is 3.25. The van der Waals surface area contributed by atoms with Crippen LogP contribution in [0.1, 0.15) is 11.1 Å². The molecule has 0 aliphatic carbocycles. The summed E-state index contributed by atoms with van der Waals surface area (Å²) >= 11 is 0. The molecule has 3 nitrogen and oxygen atoms in total. The molecule has 3 heteroatoms. The SMILES string of the molecule is Cc1cccc(-n2ccnc2Nc2ccccc2)c1C. The Balaban J connectivity index is 2.00. The monoisotopic (exact) mass is 263 g/mol. The van der Waals surface area contributed by atoms with Gasteiger partial charge < -0.3 is 5.32 Å². The summed E-state index contributed by atoms with van der Waals surface area (Å²) in [4.78, 5) is 4.41. The summed E-state index contributed by atoms with van der Waals surface area (Å²) in [7, 11) is 0. The predicted molar refractivity (Wildman–Crippen MR) is 82.8 cm³/mol. The van der Waals surface area contributed by atoms with Gasteiger partial charge in [0.05, 0.1) is 5.69 Å². The van der Waals surface area contributed by atoms with E-state index in [0.717, 1.165) is 17.3 Å². The maximum atomic E-state index is 4.41. The second-order valence-electron chi connectivity index (χ2n) is 4.83. The summed E-state index contributed by atoms with van der Waals surface area (Å²) < 4.78 is 2.08. The summed E-state index contributed by atoms with van der Waals surface area (Å²) in [5.74, 6) is 0.824. The van der Waals surface area contributed by atoms with Crippen molar-refractivity contribution in [2.24, 2.45) is 0 Å². The van der Waals surface area contributed by atoms with Crippen molar-refractivity contribution in [2.45, 2.75) is 13.8 Å². The fourth-order valence-electron chi connectivity index (χ4n) is 2.24. The Labute approximate surface area is 118 Å². The first kappa shape index (κ1) is 12.5. The highest BCUT2D eigenvalue weighted by atomic mass is 15.2. The molecule has 0 bridgehead atoms. The second kappa shape index (κ2) is 5.21. The van der Waals surface area contributed by atoms with Crippen LogP contribution in [0.15, 0.2) is 60.9 Å². The average Bonchev–Trinajstić information content (AvgIpc) is 2.91. The molecular formula is C17H17N3. The Morgan fingerprint density at radius 2 is 1.75 bits per heavy atom. The van der Waals surface area contributed by atoms with Gasteiger partial charge in [0.15, 0.2) is 0 Å². The van der Waals surface area contributed by atoms with Crippen molar-refractivity contribution in [3.8, 4) is 5.69 Å². The highest BCUT2D eigenvalue weighted by molar-refractivity contribution is 5.57. The van der Waals surface area contributed by atoms with E-state index >= 15 is 0 Å². The van der Waals surface area contributed by atoms with E-state index in [4.69, 9.17) is 0 Å². The molecule has 0 amide bonds. The molecule has 3 rings (SSSR count). The first-order chi connectivity index (χ1) is 9.75. The number of benzene rings is 2. The van der Waals surface area contributed by atoms with Gasteiger partial charge in [-0.1, -0.05) is 30.3 Å². The van der Waals surface area contributed by atoms with Crippen molar-refractivity contribution in [1.29, 1.82) is 0 Å². The number of imidazole rings is 1. The van der Waals surface area contributed by atoms with Crippen LogP contribution in [-0.4, -0.2) is 9.55 Å². The van der Waals surface area contributed by atoms with Gasteiger partial charge >= 0.3 is 0 Å². The van der Waals surface area contributed by atoms with E-state index < -0.39 is 0 Å². The number of aromatic nitrogens is 2. The van der Waals surface area contributed by atoms with Gasteiger partial charge in [-0.2, -0.15) is 0 Å². The zero-order valence-electron chi connectivity index (χ0n) is 11.7. The Hall–Kier alpha value is -2.55. The third-order valence-electron chi connectivity index (χ3n) is 3.51. The second-order valence-corrected chi connectivity index (χ2v) is 4.83. The third-order valence-corrected chi connectivity index (χ3v) is 3.51. The zero-order valence-corrected chi connectivity index (χ0v) is 11.7. The molecule has 0 aliphatic heterocycles. The van der Waals surface area contributed by atoms with Crippen molar-refractivity contribution in [3.05, 3.63) is 72.1 Å². The molecule has 3 aromatic rings. The van der Waals surface area contributed by atoms with E-state index in [0.29, 0.717) is 0 Å². The lowest BCUT2D eigenvalue weighted by atomic mass is 10.1. The predicted octanol–water partition coefficient (Wildman–Crippen LogP) is 4.23. The maximum Gasteiger partial charge on any atom is 0.212 e. The van der Waals surface area contributed by atoms with Gasteiger partial charge in [0.25, 0.3) is 0 Å². The van der Waals surface area contributed by atoms with E-state index in [1.54, 1.807) is 0 Å². The fraction of sp³-hybridized carbons (Fsp3) is 0.118. The van der Waals surface area contributed by atoms with Crippen LogP contribution in [0.4, 0.5) is 11.6 Å². The third kappa shape index (κ3) is 2.30.